The quantitative estimate of drug-likeness (QED) is 0.897. The van der Waals surface area contributed by atoms with Crippen LogP contribution in [0.25, 0.3) is 0 Å². The van der Waals surface area contributed by atoms with Gasteiger partial charge in [0.25, 0.3) is 0 Å². The summed E-state index contributed by atoms with van der Waals surface area (Å²) < 4.78 is 0. The molecule has 2 rings (SSSR count). The number of halogens is 1. The van der Waals surface area contributed by atoms with Gasteiger partial charge in [0.1, 0.15) is 0 Å². The zero-order chi connectivity index (χ0) is 15.4. The lowest BCUT2D eigenvalue weighted by molar-refractivity contribution is -0.117. The molecule has 1 aromatic rings. The van der Waals surface area contributed by atoms with Gasteiger partial charge in [0.15, 0.2) is 0 Å². The summed E-state index contributed by atoms with van der Waals surface area (Å²) in [5.41, 5.74) is 0.802. The van der Waals surface area contributed by atoms with Gasteiger partial charge in [-0.3, -0.25) is 4.79 Å². The highest BCUT2D eigenvalue weighted by Crippen LogP contribution is 2.23. The molecule has 1 fully saturated rings. The third kappa shape index (κ3) is 4.36. The van der Waals surface area contributed by atoms with Crippen LogP contribution >= 0.6 is 11.6 Å². The average Bonchev–Trinajstić information content (AvgIpc) is 2.78. The van der Waals surface area contributed by atoms with Crippen LogP contribution in [0.3, 0.4) is 0 Å². The number of amides is 3. The molecule has 0 unspecified atom stereocenters. The molecule has 0 radical (unpaired) electrons. The molecule has 0 aromatic heterocycles. The third-order valence-corrected chi connectivity index (χ3v) is 3.52. The van der Waals surface area contributed by atoms with Gasteiger partial charge in [-0.05, 0) is 30.2 Å². The molecular formula is C15H20ClN3O2. The standard InChI is InChI=1S/C15H20ClN3O2/c1-10(2)8-17-15(21)18-12-7-14(20)19(9-12)13-5-3-11(16)4-6-13/h3-6,10,12H,7-9H2,1-2H3,(H2,17,18,21)/t12-/m0/s1. The molecule has 1 aliphatic heterocycles. The van der Waals surface area contributed by atoms with Gasteiger partial charge in [-0.25, -0.2) is 4.79 Å². The van der Waals surface area contributed by atoms with Gasteiger partial charge in [-0.15, -0.1) is 0 Å². The molecule has 0 saturated carbocycles. The molecule has 1 aromatic carbocycles. The van der Waals surface area contributed by atoms with Crippen LogP contribution < -0.4 is 15.5 Å². The largest absolute Gasteiger partial charge is 0.338 e. The maximum absolute atomic E-state index is 12.0. The van der Waals surface area contributed by atoms with Crippen molar-refractivity contribution >= 4 is 29.2 Å². The van der Waals surface area contributed by atoms with E-state index in [1.807, 2.05) is 13.8 Å². The molecule has 0 bridgehead atoms. The molecule has 1 heterocycles. The van der Waals surface area contributed by atoms with Gasteiger partial charge in [0.05, 0.1) is 6.04 Å². The minimum absolute atomic E-state index is 0.00600. The number of hydrogen-bond donors (Lipinski definition) is 2. The second-order valence-electron chi connectivity index (χ2n) is 5.63. The minimum Gasteiger partial charge on any atom is -0.338 e. The highest BCUT2D eigenvalue weighted by atomic mass is 35.5. The van der Waals surface area contributed by atoms with E-state index in [2.05, 4.69) is 10.6 Å². The highest BCUT2D eigenvalue weighted by molar-refractivity contribution is 6.30. The van der Waals surface area contributed by atoms with Crippen LogP contribution in [0.15, 0.2) is 24.3 Å². The summed E-state index contributed by atoms with van der Waals surface area (Å²) in [6, 6.07) is 6.73. The van der Waals surface area contributed by atoms with Crippen LogP contribution in [0.2, 0.25) is 5.02 Å². The molecular weight excluding hydrogens is 290 g/mol. The van der Waals surface area contributed by atoms with Crippen molar-refractivity contribution in [3.63, 3.8) is 0 Å². The summed E-state index contributed by atoms with van der Waals surface area (Å²) in [5, 5.41) is 6.26. The summed E-state index contributed by atoms with van der Waals surface area (Å²) in [5.74, 6) is 0.401. The van der Waals surface area contributed by atoms with Crippen LogP contribution in [0.1, 0.15) is 20.3 Å². The number of benzene rings is 1. The van der Waals surface area contributed by atoms with Gasteiger partial charge >= 0.3 is 6.03 Å². The monoisotopic (exact) mass is 309 g/mol. The zero-order valence-corrected chi connectivity index (χ0v) is 13.0. The van der Waals surface area contributed by atoms with Gasteiger partial charge < -0.3 is 15.5 Å². The van der Waals surface area contributed by atoms with Gasteiger partial charge in [0, 0.05) is 30.2 Å². The Hall–Kier alpha value is -1.75. The van der Waals surface area contributed by atoms with Gasteiger partial charge in [-0.2, -0.15) is 0 Å². The Labute approximate surface area is 129 Å². The fraction of sp³-hybridized carbons (Fsp3) is 0.467. The summed E-state index contributed by atoms with van der Waals surface area (Å²) in [6.45, 7) is 5.16. The fourth-order valence-corrected chi connectivity index (χ4v) is 2.33. The lowest BCUT2D eigenvalue weighted by atomic mass is 10.2. The first-order valence-corrected chi connectivity index (χ1v) is 7.44. The van der Waals surface area contributed by atoms with E-state index >= 15 is 0 Å². The van der Waals surface area contributed by atoms with E-state index in [9.17, 15) is 9.59 Å². The van der Waals surface area contributed by atoms with E-state index in [0.29, 0.717) is 30.5 Å². The van der Waals surface area contributed by atoms with Crippen molar-refractivity contribution in [3.8, 4) is 0 Å². The second kappa shape index (κ2) is 6.80. The Morgan fingerprint density at radius 1 is 1.38 bits per heavy atom. The molecule has 3 amide bonds. The maximum atomic E-state index is 12.0. The predicted octanol–water partition coefficient (Wildman–Crippen LogP) is 2.40. The SMILES string of the molecule is CC(C)CNC(=O)N[C@H]1CC(=O)N(c2ccc(Cl)cc2)C1. The number of anilines is 1. The van der Waals surface area contributed by atoms with Gasteiger partial charge in [0.2, 0.25) is 5.91 Å². The average molecular weight is 310 g/mol. The highest BCUT2D eigenvalue weighted by Gasteiger charge is 2.31. The topological polar surface area (TPSA) is 61.4 Å². The van der Waals surface area contributed by atoms with E-state index < -0.39 is 0 Å². The van der Waals surface area contributed by atoms with Crippen molar-refractivity contribution in [2.24, 2.45) is 5.92 Å². The Balaban J connectivity index is 1.90. The van der Waals surface area contributed by atoms with Crippen LogP contribution in [-0.2, 0) is 4.79 Å². The summed E-state index contributed by atoms with van der Waals surface area (Å²) in [4.78, 5) is 25.4. The first-order valence-electron chi connectivity index (χ1n) is 7.06. The minimum atomic E-state index is -0.223. The third-order valence-electron chi connectivity index (χ3n) is 3.27. The molecule has 0 aliphatic carbocycles. The smallest absolute Gasteiger partial charge is 0.315 e. The molecule has 0 spiro atoms. The number of carbonyl (C=O) groups excluding carboxylic acids is 2. The number of urea groups is 1. The summed E-state index contributed by atoms with van der Waals surface area (Å²) >= 11 is 5.84. The summed E-state index contributed by atoms with van der Waals surface area (Å²) in [6.07, 6.45) is 0.317. The Bertz CT molecular complexity index is 516. The molecule has 1 atom stereocenters. The summed E-state index contributed by atoms with van der Waals surface area (Å²) in [7, 11) is 0. The number of hydrogen-bond acceptors (Lipinski definition) is 2. The van der Waals surface area contributed by atoms with Crippen LogP contribution in [-0.4, -0.2) is 31.1 Å². The normalized spacial score (nSPS) is 18.2. The van der Waals surface area contributed by atoms with Crippen molar-refractivity contribution in [2.75, 3.05) is 18.0 Å². The lowest BCUT2D eigenvalue weighted by Crippen LogP contribution is -2.44. The van der Waals surface area contributed by atoms with Crippen molar-refractivity contribution < 1.29 is 9.59 Å². The molecule has 6 heteroatoms. The molecule has 2 N–H and O–H groups in total. The maximum Gasteiger partial charge on any atom is 0.315 e. The molecule has 114 valence electrons. The van der Waals surface area contributed by atoms with Crippen molar-refractivity contribution in [1.29, 1.82) is 0 Å². The molecule has 5 nitrogen and oxygen atoms in total. The van der Waals surface area contributed by atoms with E-state index in [4.69, 9.17) is 11.6 Å². The molecule has 1 aliphatic rings. The van der Waals surface area contributed by atoms with Crippen LogP contribution in [0, 0.1) is 5.92 Å². The first-order chi connectivity index (χ1) is 9.95. The Morgan fingerprint density at radius 2 is 2.05 bits per heavy atom. The van der Waals surface area contributed by atoms with Crippen molar-refractivity contribution in [3.05, 3.63) is 29.3 Å². The Morgan fingerprint density at radius 3 is 2.67 bits per heavy atom. The van der Waals surface area contributed by atoms with Crippen LogP contribution in [0.4, 0.5) is 10.5 Å². The predicted molar refractivity (Wildman–Crippen MR) is 83.6 cm³/mol. The molecule has 1 saturated heterocycles. The van der Waals surface area contributed by atoms with Crippen LogP contribution in [0.5, 0.6) is 0 Å². The fourth-order valence-electron chi connectivity index (χ4n) is 2.21. The second-order valence-corrected chi connectivity index (χ2v) is 6.07. The first kappa shape index (κ1) is 15.6. The van der Waals surface area contributed by atoms with E-state index in [0.717, 1.165) is 5.69 Å². The van der Waals surface area contributed by atoms with Crippen molar-refractivity contribution in [1.82, 2.24) is 10.6 Å². The van der Waals surface area contributed by atoms with Crippen molar-refractivity contribution in [2.45, 2.75) is 26.3 Å². The van der Waals surface area contributed by atoms with E-state index in [1.54, 1.807) is 29.2 Å². The van der Waals surface area contributed by atoms with E-state index in [-0.39, 0.29) is 18.0 Å². The lowest BCUT2D eigenvalue weighted by Gasteiger charge is -2.17. The number of nitrogens with one attached hydrogen (secondary N) is 2. The molecule has 21 heavy (non-hydrogen) atoms. The van der Waals surface area contributed by atoms with Gasteiger partial charge in [-0.1, -0.05) is 25.4 Å². The zero-order valence-electron chi connectivity index (χ0n) is 12.2. The van der Waals surface area contributed by atoms with E-state index in [1.165, 1.54) is 0 Å². The number of nitrogens with zero attached hydrogens (tertiary/aromatic N) is 1. The number of rotatable bonds is 4. The number of carbonyl (C=O) groups is 2. The Kier molecular flexibility index (Phi) is 5.07.